The van der Waals surface area contributed by atoms with Gasteiger partial charge in [0, 0.05) is 18.8 Å². The molecule has 0 aromatic heterocycles. The summed E-state index contributed by atoms with van der Waals surface area (Å²) in [4.78, 5) is 83.6. The van der Waals surface area contributed by atoms with Gasteiger partial charge in [0.05, 0.1) is 12.1 Å². The lowest BCUT2D eigenvalue weighted by atomic mass is 9.83. The number of likely N-dealkylation sites (tertiary alicyclic amines) is 2. The summed E-state index contributed by atoms with van der Waals surface area (Å²) in [5.74, 6) is -3.81. The van der Waals surface area contributed by atoms with E-state index in [2.05, 4.69) is 15.5 Å². The fourth-order valence-electron chi connectivity index (χ4n) is 9.71. The number of anilines is 1. The summed E-state index contributed by atoms with van der Waals surface area (Å²) < 4.78 is 14.4. The van der Waals surface area contributed by atoms with Gasteiger partial charge in [0.1, 0.15) is 29.0 Å². The van der Waals surface area contributed by atoms with E-state index in [4.69, 9.17) is 11.5 Å². The molecule has 3 aromatic carbocycles. The number of carbonyl (C=O) groups excluding carboxylic acids is 4. The zero-order valence-electron chi connectivity index (χ0n) is 34.3. The molecule has 0 unspecified atom stereocenters. The Kier molecular flexibility index (Phi) is 12.4. The Labute approximate surface area is 348 Å². The van der Waals surface area contributed by atoms with Crippen molar-refractivity contribution in [3.8, 4) is 0 Å². The van der Waals surface area contributed by atoms with E-state index in [1.165, 1.54) is 21.9 Å². The maximum absolute atomic E-state index is 14.4. The van der Waals surface area contributed by atoms with E-state index in [0.29, 0.717) is 42.5 Å². The number of nitrogens with zero attached hydrogens (tertiary/aromatic N) is 3. The second-order valence-corrected chi connectivity index (χ2v) is 16.7. The highest BCUT2D eigenvalue weighted by atomic mass is 19.1. The predicted octanol–water partition coefficient (Wildman–Crippen LogP) is 5.10. The molecule has 3 aliphatic heterocycles. The quantitative estimate of drug-likeness (QED) is 0.135. The van der Waals surface area contributed by atoms with Crippen molar-refractivity contribution in [2.75, 3.05) is 18.0 Å². The van der Waals surface area contributed by atoms with Crippen LogP contribution in [0.1, 0.15) is 101 Å². The maximum atomic E-state index is 14.4. The van der Waals surface area contributed by atoms with Crippen molar-refractivity contribution in [3.63, 3.8) is 0 Å². The summed E-state index contributed by atoms with van der Waals surface area (Å²) in [5.41, 5.74) is 12.5. The van der Waals surface area contributed by atoms with E-state index in [-0.39, 0.29) is 38.0 Å². The molecule has 0 spiro atoms. The highest BCUT2D eigenvalue weighted by molar-refractivity contribution is 5.96. The molecule has 6 amide bonds. The molecule has 16 heteroatoms. The summed E-state index contributed by atoms with van der Waals surface area (Å²) in [5, 5.41) is 23.7. The lowest BCUT2D eigenvalue weighted by Crippen LogP contribution is -2.59. The van der Waals surface area contributed by atoms with Crippen molar-refractivity contribution in [3.05, 3.63) is 101 Å². The zero-order chi connectivity index (χ0) is 43.7. The molecule has 3 aromatic rings. The first kappa shape index (κ1) is 43.4. The van der Waals surface area contributed by atoms with Crippen LogP contribution in [0.5, 0.6) is 0 Å². The summed E-state index contributed by atoms with van der Waals surface area (Å²) >= 11 is 0. The van der Waals surface area contributed by atoms with Gasteiger partial charge in [0.15, 0.2) is 0 Å². The minimum Gasteiger partial charge on any atom is -0.465 e. The molecule has 15 nitrogen and oxygen atoms in total. The Morgan fingerprint density at radius 3 is 1.42 bits per heavy atom. The molecular weight excluding hydrogens is 774 g/mol. The Morgan fingerprint density at radius 1 is 0.667 bits per heavy atom. The Bertz CT molecular complexity index is 2020. The second-order valence-electron chi connectivity index (χ2n) is 16.7. The van der Waals surface area contributed by atoms with Gasteiger partial charge in [-0.05, 0) is 96.9 Å². The molecule has 320 valence electrons. The Balaban J connectivity index is 1.41. The number of primary amides is 2. The first-order valence-electron chi connectivity index (χ1n) is 20.4. The normalized spacial score (nSPS) is 23.8. The van der Waals surface area contributed by atoms with Crippen molar-refractivity contribution in [2.45, 2.75) is 101 Å². The number of nitrogens with one attached hydrogen (secondary N) is 2. The monoisotopic (exact) mass is 827 g/mol. The van der Waals surface area contributed by atoms with Crippen LogP contribution in [-0.2, 0) is 30.3 Å². The lowest BCUT2D eigenvalue weighted by molar-refractivity contribution is -0.146. The van der Waals surface area contributed by atoms with Gasteiger partial charge in [0.25, 0.3) is 0 Å². The third kappa shape index (κ3) is 7.82. The molecule has 3 saturated heterocycles. The number of halogens is 1. The average molecular weight is 828 g/mol. The molecule has 3 fully saturated rings. The molecule has 0 bridgehead atoms. The number of nitrogens with two attached hydrogens (primary N) is 2. The number of hydrogen-bond acceptors (Lipinski definition) is 7. The van der Waals surface area contributed by atoms with Crippen LogP contribution < -0.4 is 27.0 Å². The SMILES string of the molecule is CC(C)[C@H](NC(=O)O)C(=O)N1CCC[C@@]1(C(N)=O)c1cccc([C@H]2CC[C@H](c3cccc([C@]4(C(N)=O)CCCN4C(=O)[C@@H](NC(=O)O)C(C)C)c3)N2c2ccc(F)cc2)c1. The topological polar surface area (TPSA) is 229 Å². The van der Waals surface area contributed by atoms with Crippen LogP contribution in [0.3, 0.4) is 0 Å². The van der Waals surface area contributed by atoms with Crippen LogP contribution in [-0.4, -0.2) is 81.0 Å². The number of hydrogen-bond donors (Lipinski definition) is 6. The maximum Gasteiger partial charge on any atom is 0.405 e. The molecule has 3 heterocycles. The van der Waals surface area contributed by atoms with Crippen LogP contribution in [0, 0.1) is 17.7 Å². The molecule has 0 saturated carbocycles. The number of amides is 6. The number of carboxylic acid groups (broad SMARTS) is 2. The summed E-state index contributed by atoms with van der Waals surface area (Å²) in [6.07, 6.45) is -0.117. The molecule has 8 N–H and O–H groups in total. The van der Waals surface area contributed by atoms with Gasteiger partial charge in [-0.25, -0.2) is 14.0 Å². The van der Waals surface area contributed by atoms with Crippen molar-refractivity contribution < 1.29 is 43.4 Å². The summed E-state index contributed by atoms with van der Waals surface area (Å²) in [7, 11) is 0. The minimum atomic E-state index is -1.55. The highest BCUT2D eigenvalue weighted by Crippen LogP contribution is 2.49. The first-order valence-corrected chi connectivity index (χ1v) is 20.4. The van der Waals surface area contributed by atoms with Crippen molar-refractivity contribution in [1.82, 2.24) is 20.4 Å². The summed E-state index contributed by atoms with van der Waals surface area (Å²) in [6, 6.07) is 17.9. The van der Waals surface area contributed by atoms with Gasteiger partial charge in [-0.15, -0.1) is 0 Å². The van der Waals surface area contributed by atoms with Crippen LogP contribution in [0.4, 0.5) is 19.7 Å². The number of benzene rings is 3. The van der Waals surface area contributed by atoms with Crippen LogP contribution in [0.2, 0.25) is 0 Å². The zero-order valence-corrected chi connectivity index (χ0v) is 34.3. The van der Waals surface area contributed by atoms with E-state index in [1.807, 2.05) is 24.3 Å². The smallest absolute Gasteiger partial charge is 0.405 e. The fraction of sp³-hybridized carbons (Fsp3) is 0.455. The van der Waals surface area contributed by atoms with Crippen molar-refractivity contribution in [2.24, 2.45) is 23.3 Å². The largest absolute Gasteiger partial charge is 0.465 e. The highest BCUT2D eigenvalue weighted by Gasteiger charge is 2.53. The van der Waals surface area contributed by atoms with Crippen LogP contribution in [0.15, 0.2) is 72.8 Å². The fourth-order valence-corrected chi connectivity index (χ4v) is 9.71. The standard InChI is InChI=1S/C44H54FN7O8/c1-25(2)35(48-41(57)58)37(53)50-21-7-19-43(50,39(46)55)29-11-5-9-27(23-29)33-17-18-34(52(33)32-15-13-31(45)14-16-32)28-10-6-12-30(24-28)44(40(47)56)20-8-22-51(44)38(54)36(26(3)4)49-42(59)60/h5-6,9-16,23-26,33-36,48-49H,7-8,17-22H2,1-4H3,(H2,46,55)(H2,47,56)(H,57,58)(H,59,60)/t33-,34-,35+,36+,43+,44+/m1/s1. The average Bonchev–Trinajstić information content (AvgIpc) is 3.97. The number of rotatable bonds is 13. The molecular formula is C44H54FN7O8. The van der Waals surface area contributed by atoms with Gasteiger partial charge < -0.3 is 47.0 Å². The Morgan fingerprint density at radius 2 is 1.07 bits per heavy atom. The lowest BCUT2D eigenvalue weighted by Gasteiger charge is -2.40. The summed E-state index contributed by atoms with van der Waals surface area (Å²) in [6.45, 7) is 7.27. The molecule has 0 radical (unpaired) electrons. The van der Waals surface area contributed by atoms with Crippen LogP contribution in [0.25, 0.3) is 0 Å². The predicted molar refractivity (Wildman–Crippen MR) is 220 cm³/mol. The number of carbonyl (C=O) groups is 6. The molecule has 6 atom stereocenters. The van der Waals surface area contributed by atoms with E-state index in [0.717, 1.165) is 11.1 Å². The van der Waals surface area contributed by atoms with E-state index in [9.17, 15) is 43.4 Å². The molecule has 6 rings (SSSR count). The van der Waals surface area contributed by atoms with Gasteiger partial charge in [-0.1, -0.05) is 76.2 Å². The van der Waals surface area contributed by atoms with Crippen LogP contribution >= 0.6 is 0 Å². The minimum absolute atomic E-state index is 0.198. The molecule has 60 heavy (non-hydrogen) atoms. The van der Waals surface area contributed by atoms with E-state index < -0.39 is 76.6 Å². The Hall–Kier alpha value is -6.19. The van der Waals surface area contributed by atoms with Gasteiger partial charge in [-0.3, -0.25) is 19.2 Å². The van der Waals surface area contributed by atoms with Gasteiger partial charge >= 0.3 is 12.2 Å². The first-order chi connectivity index (χ1) is 28.4. The van der Waals surface area contributed by atoms with E-state index in [1.54, 1.807) is 64.1 Å². The second kappa shape index (κ2) is 17.2. The molecule has 0 aliphatic carbocycles. The van der Waals surface area contributed by atoms with Gasteiger partial charge in [0.2, 0.25) is 23.6 Å². The third-order valence-electron chi connectivity index (χ3n) is 12.5. The van der Waals surface area contributed by atoms with Crippen molar-refractivity contribution in [1.29, 1.82) is 0 Å². The third-order valence-corrected chi connectivity index (χ3v) is 12.5. The van der Waals surface area contributed by atoms with E-state index >= 15 is 0 Å². The van der Waals surface area contributed by atoms with Gasteiger partial charge in [-0.2, -0.15) is 0 Å². The van der Waals surface area contributed by atoms with Crippen molar-refractivity contribution >= 4 is 41.5 Å². The molecule has 3 aliphatic rings.